The Balaban J connectivity index is 1.56. The molecule has 0 spiro atoms. The van der Waals surface area contributed by atoms with Crippen molar-refractivity contribution in [1.29, 1.82) is 0 Å². The van der Waals surface area contributed by atoms with E-state index >= 15 is 0 Å². The van der Waals surface area contributed by atoms with Gasteiger partial charge in [0.25, 0.3) is 0 Å². The molecule has 0 saturated carbocycles. The summed E-state index contributed by atoms with van der Waals surface area (Å²) in [7, 11) is 0. The Labute approximate surface area is 162 Å². The fourth-order valence-electron chi connectivity index (χ4n) is 3.04. The number of fused-ring (bicyclic) bond motifs is 1. The molecule has 6 heteroatoms. The molecular formula is C20H20Cl2O4. The lowest BCUT2D eigenvalue weighted by Crippen LogP contribution is -2.23. The van der Waals surface area contributed by atoms with Gasteiger partial charge >= 0.3 is 5.97 Å². The fraction of sp³-hybridized carbons (Fsp3) is 0.350. The van der Waals surface area contributed by atoms with E-state index in [2.05, 4.69) is 12.1 Å². The van der Waals surface area contributed by atoms with Crippen LogP contribution in [0.15, 0.2) is 36.4 Å². The second-order valence-electron chi connectivity index (χ2n) is 6.35. The van der Waals surface area contributed by atoms with Crippen LogP contribution < -0.4 is 4.74 Å². The number of rotatable bonds is 7. The first-order valence-corrected chi connectivity index (χ1v) is 9.29. The first-order valence-electron chi connectivity index (χ1n) is 8.53. The van der Waals surface area contributed by atoms with Crippen molar-refractivity contribution in [3.05, 3.63) is 63.1 Å². The molecular weight excluding hydrogens is 375 g/mol. The minimum Gasteiger partial charge on any atom is -0.489 e. The molecule has 26 heavy (non-hydrogen) atoms. The Kier molecular flexibility index (Phi) is 6.41. The van der Waals surface area contributed by atoms with Crippen LogP contribution in [-0.4, -0.2) is 23.8 Å². The van der Waals surface area contributed by atoms with Gasteiger partial charge in [-0.05, 0) is 60.2 Å². The predicted molar refractivity (Wildman–Crippen MR) is 101 cm³/mol. The van der Waals surface area contributed by atoms with Crippen LogP contribution in [0, 0.1) is 0 Å². The highest BCUT2D eigenvalue weighted by Crippen LogP contribution is 2.28. The smallest absolute Gasteiger partial charge is 0.305 e. The van der Waals surface area contributed by atoms with Gasteiger partial charge in [-0.25, -0.2) is 0 Å². The average molecular weight is 395 g/mol. The van der Waals surface area contributed by atoms with Crippen molar-refractivity contribution in [2.45, 2.75) is 38.4 Å². The van der Waals surface area contributed by atoms with Gasteiger partial charge in [0.15, 0.2) is 0 Å². The van der Waals surface area contributed by atoms with Crippen molar-refractivity contribution < 1.29 is 19.4 Å². The predicted octanol–water partition coefficient (Wildman–Crippen LogP) is 4.92. The molecule has 138 valence electrons. The normalized spacial score (nSPS) is 16.2. The first-order chi connectivity index (χ1) is 12.5. The maximum absolute atomic E-state index is 10.6. The SMILES string of the molecule is O=C(O)CCOC1CCc2cc(OCc3ccc(Cl)c(Cl)c3)ccc2C1. The molecule has 0 radical (unpaired) electrons. The Morgan fingerprint density at radius 3 is 2.73 bits per heavy atom. The molecule has 1 aliphatic carbocycles. The van der Waals surface area contributed by atoms with E-state index in [1.54, 1.807) is 12.1 Å². The molecule has 1 aliphatic rings. The van der Waals surface area contributed by atoms with Crippen LogP contribution >= 0.6 is 23.2 Å². The molecule has 3 rings (SSSR count). The lowest BCUT2D eigenvalue weighted by atomic mass is 9.89. The Bertz CT molecular complexity index is 791. The number of ether oxygens (including phenoxy) is 2. The van der Waals surface area contributed by atoms with Crippen LogP contribution in [0.1, 0.15) is 29.5 Å². The van der Waals surface area contributed by atoms with Crippen LogP contribution in [-0.2, 0) is 29.0 Å². The lowest BCUT2D eigenvalue weighted by molar-refractivity contribution is -0.138. The van der Waals surface area contributed by atoms with Crippen molar-refractivity contribution >= 4 is 29.2 Å². The van der Waals surface area contributed by atoms with E-state index in [1.807, 2.05) is 12.1 Å². The summed E-state index contributed by atoms with van der Waals surface area (Å²) in [6, 6.07) is 11.6. The van der Waals surface area contributed by atoms with Crippen LogP contribution in [0.25, 0.3) is 0 Å². The number of carbonyl (C=O) groups is 1. The van der Waals surface area contributed by atoms with Crippen molar-refractivity contribution in [3.63, 3.8) is 0 Å². The molecule has 1 atom stereocenters. The van der Waals surface area contributed by atoms with Gasteiger partial charge in [-0.2, -0.15) is 0 Å². The van der Waals surface area contributed by atoms with Crippen molar-refractivity contribution in [2.75, 3.05) is 6.61 Å². The molecule has 0 heterocycles. The molecule has 0 amide bonds. The number of carboxylic acid groups (broad SMARTS) is 1. The molecule has 4 nitrogen and oxygen atoms in total. The number of halogens is 2. The number of hydrogen-bond acceptors (Lipinski definition) is 3. The first kappa shape index (κ1) is 19.0. The second-order valence-corrected chi connectivity index (χ2v) is 7.16. The Morgan fingerprint density at radius 2 is 1.96 bits per heavy atom. The molecule has 0 bridgehead atoms. The van der Waals surface area contributed by atoms with Crippen LogP contribution in [0.4, 0.5) is 0 Å². The largest absolute Gasteiger partial charge is 0.489 e. The average Bonchev–Trinajstić information content (AvgIpc) is 2.62. The number of carboxylic acids is 1. The van der Waals surface area contributed by atoms with E-state index in [9.17, 15) is 4.79 Å². The molecule has 2 aromatic rings. The molecule has 0 fully saturated rings. The Morgan fingerprint density at radius 1 is 1.12 bits per heavy atom. The molecule has 1 N–H and O–H groups in total. The molecule has 0 aliphatic heterocycles. The van der Waals surface area contributed by atoms with Gasteiger partial charge in [-0.3, -0.25) is 4.79 Å². The van der Waals surface area contributed by atoms with Crippen molar-refractivity contribution in [3.8, 4) is 5.75 Å². The summed E-state index contributed by atoms with van der Waals surface area (Å²) in [5, 5.41) is 9.74. The summed E-state index contributed by atoms with van der Waals surface area (Å²) in [4.78, 5) is 10.6. The highest BCUT2D eigenvalue weighted by atomic mass is 35.5. The second kappa shape index (κ2) is 8.76. The third-order valence-corrected chi connectivity index (χ3v) is 5.16. The van der Waals surface area contributed by atoms with E-state index in [4.69, 9.17) is 37.8 Å². The van der Waals surface area contributed by atoms with E-state index < -0.39 is 5.97 Å². The maximum Gasteiger partial charge on any atom is 0.305 e. The standard InChI is InChI=1S/C20H20Cl2O4/c21-18-6-1-13(9-19(18)22)12-26-17-5-3-14-10-16(4-2-15(14)11-17)25-8-7-20(23)24/h1,3,5-6,9,11,16H,2,4,7-8,10,12H2,(H,23,24). The zero-order valence-corrected chi connectivity index (χ0v) is 15.7. The topological polar surface area (TPSA) is 55.8 Å². The number of hydrogen-bond donors (Lipinski definition) is 1. The maximum atomic E-state index is 10.6. The summed E-state index contributed by atoms with van der Waals surface area (Å²) in [6.07, 6.45) is 2.73. The van der Waals surface area contributed by atoms with Gasteiger partial charge in [-0.1, -0.05) is 35.3 Å². The zero-order valence-electron chi connectivity index (χ0n) is 14.2. The van der Waals surface area contributed by atoms with Crippen LogP contribution in [0.5, 0.6) is 5.75 Å². The summed E-state index contributed by atoms with van der Waals surface area (Å²) in [5.74, 6) is -0.00922. The lowest BCUT2D eigenvalue weighted by Gasteiger charge is -2.25. The van der Waals surface area contributed by atoms with E-state index in [-0.39, 0.29) is 19.1 Å². The summed E-state index contributed by atoms with van der Waals surface area (Å²) in [5.41, 5.74) is 3.46. The van der Waals surface area contributed by atoms with Gasteiger partial charge in [0.1, 0.15) is 12.4 Å². The fourth-order valence-corrected chi connectivity index (χ4v) is 3.36. The number of aryl methyl sites for hydroxylation is 1. The zero-order chi connectivity index (χ0) is 18.5. The molecule has 2 aromatic carbocycles. The van der Waals surface area contributed by atoms with Gasteiger partial charge < -0.3 is 14.6 Å². The van der Waals surface area contributed by atoms with E-state index in [1.165, 1.54) is 11.1 Å². The van der Waals surface area contributed by atoms with Crippen LogP contribution in [0.2, 0.25) is 10.0 Å². The van der Waals surface area contributed by atoms with Gasteiger partial charge in [0.05, 0.1) is 29.2 Å². The van der Waals surface area contributed by atoms with E-state index in [0.717, 1.165) is 30.6 Å². The minimum atomic E-state index is -0.829. The van der Waals surface area contributed by atoms with Crippen LogP contribution in [0.3, 0.4) is 0 Å². The number of aliphatic carboxylic acids is 1. The highest BCUT2D eigenvalue weighted by Gasteiger charge is 2.20. The van der Waals surface area contributed by atoms with Gasteiger partial charge in [0, 0.05) is 0 Å². The number of benzene rings is 2. The molecule has 0 aromatic heterocycles. The summed E-state index contributed by atoms with van der Waals surface area (Å²) < 4.78 is 11.5. The van der Waals surface area contributed by atoms with Gasteiger partial charge in [0.2, 0.25) is 0 Å². The highest BCUT2D eigenvalue weighted by molar-refractivity contribution is 6.42. The van der Waals surface area contributed by atoms with Crippen molar-refractivity contribution in [2.24, 2.45) is 0 Å². The molecule has 1 unspecified atom stereocenters. The monoisotopic (exact) mass is 394 g/mol. The third-order valence-electron chi connectivity index (χ3n) is 4.42. The molecule has 0 saturated heterocycles. The van der Waals surface area contributed by atoms with E-state index in [0.29, 0.717) is 16.7 Å². The Hall–Kier alpha value is -1.75. The summed E-state index contributed by atoms with van der Waals surface area (Å²) >= 11 is 11.9. The van der Waals surface area contributed by atoms with Crippen molar-refractivity contribution in [1.82, 2.24) is 0 Å². The summed E-state index contributed by atoms with van der Waals surface area (Å²) in [6.45, 7) is 0.691. The van der Waals surface area contributed by atoms with Gasteiger partial charge in [-0.15, -0.1) is 0 Å². The quantitative estimate of drug-likeness (QED) is 0.723. The third kappa shape index (κ3) is 5.13. The minimum absolute atomic E-state index is 0.0465.